The van der Waals surface area contributed by atoms with Gasteiger partial charge in [0.2, 0.25) is 5.91 Å². The Morgan fingerprint density at radius 2 is 2.35 bits per heavy atom. The lowest BCUT2D eigenvalue weighted by Crippen LogP contribution is -2.31. The normalized spacial score (nSPS) is 17.2. The second kappa shape index (κ2) is 4.87. The molecule has 0 radical (unpaired) electrons. The maximum Gasteiger partial charge on any atom is 0.240 e. The summed E-state index contributed by atoms with van der Waals surface area (Å²) >= 11 is 0. The highest BCUT2D eigenvalue weighted by molar-refractivity contribution is 5.76. The molecule has 0 aliphatic heterocycles. The Balaban J connectivity index is 2.00. The third-order valence-electron chi connectivity index (χ3n) is 3.06. The molecule has 1 fully saturated rings. The predicted octanol–water partition coefficient (Wildman–Crippen LogP) is 0.817. The lowest BCUT2D eigenvalue weighted by Gasteiger charge is -2.17. The van der Waals surface area contributed by atoms with Crippen LogP contribution in [-0.2, 0) is 11.3 Å². The van der Waals surface area contributed by atoms with Gasteiger partial charge in [0.25, 0.3) is 0 Å². The van der Waals surface area contributed by atoms with Crippen molar-refractivity contribution in [2.75, 3.05) is 0 Å². The molecule has 1 aromatic rings. The predicted molar refractivity (Wildman–Crippen MR) is 65.2 cm³/mol. The summed E-state index contributed by atoms with van der Waals surface area (Å²) in [5.74, 6) is 0.375. The molecule has 3 N–H and O–H groups in total. The summed E-state index contributed by atoms with van der Waals surface area (Å²) in [6.45, 7) is 4.44. The summed E-state index contributed by atoms with van der Waals surface area (Å²) in [5, 5.41) is 2.96. The first kappa shape index (κ1) is 12.1. The minimum atomic E-state index is -0.0776. The highest BCUT2D eigenvalue weighted by Crippen LogP contribution is 2.20. The number of rotatable bonds is 5. The molecule has 0 saturated heterocycles. The largest absolute Gasteiger partial charge is 0.352 e. The number of nitrogens with one attached hydrogen (secondary N) is 1. The Bertz CT molecular complexity index is 395. The van der Waals surface area contributed by atoms with Crippen molar-refractivity contribution in [2.45, 2.75) is 45.3 Å². The molecule has 5 heteroatoms. The average molecular weight is 236 g/mol. The van der Waals surface area contributed by atoms with Gasteiger partial charge in [0, 0.05) is 18.3 Å². The summed E-state index contributed by atoms with van der Waals surface area (Å²) in [6, 6.07) is 0.319. The Labute approximate surface area is 101 Å². The number of imidazole rings is 1. The van der Waals surface area contributed by atoms with Crippen molar-refractivity contribution in [3.8, 4) is 0 Å². The van der Waals surface area contributed by atoms with E-state index in [4.69, 9.17) is 5.73 Å². The van der Waals surface area contributed by atoms with Gasteiger partial charge in [0.15, 0.2) is 0 Å². The van der Waals surface area contributed by atoms with Crippen LogP contribution in [0.4, 0.5) is 0 Å². The number of amides is 1. The number of hydrogen-bond acceptors (Lipinski definition) is 3. The number of hydrogen-bond donors (Lipinski definition) is 2. The molecular weight excluding hydrogens is 216 g/mol. The van der Waals surface area contributed by atoms with Crippen LogP contribution in [0.5, 0.6) is 0 Å². The minimum absolute atomic E-state index is 0.0442. The molecule has 1 atom stereocenters. The van der Waals surface area contributed by atoms with Gasteiger partial charge in [0.1, 0.15) is 6.54 Å². The first-order valence-electron chi connectivity index (χ1n) is 6.13. The van der Waals surface area contributed by atoms with E-state index in [-0.39, 0.29) is 11.9 Å². The van der Waals surface area contributed by atoms with Gasteiger partial charge in [-0.25, -0.2) is 4.98 Å². The molecule has 1 saturated carbocycles. The smallest absolute Gasteiger partial charge is 0.240 e. The van der Waals surface area contributed by atoms with Crippen molar-refractivity contribution in [3.63, 3.8) is 0 Å². The van der Waals surface area contributed by atoms with Gasteiger partial charge in [-0.15, -0.1) is 0 Å². The number of carbonyl (C=O) groups excluding carboxylic acids is 1. The van der Waals surface area contributed by atoms with Crippen molar-refractivity contribution in [1.29, 1.82) is 0 Å². The van der Waals surface area contributed by atoms with Gasteiger partial charge in [-0.05, 0) is 18.8 Å². The SMILES string of the molecule is CC(C)C(N)c1cncn1CC(=O)NC1CC1. The van der Waals surface area contributed by atoms with Crippen LogP contribution in [0.15, 0.2) is 12.5 Å². The summed E-state index contributed by atoms with van der Waals surface area (Å²) < 4.78 is 1.84. The second-order valence-electron chi connectivity index (χ2n) is 5.06. The quantitative estimate of drug-likeness (QED) is 0.795. The van der Waals surface area contributed by atoms with Crippen LogP contribution in [-0.4, -0.2) is 21.5 Å². The van der Waals surface area contributed by atoms with Crippen LogP contribution < -0.4 is 11.1 Å². The van der Waals surface area contributed by atoms with Crippen LogP contribution in [0.3, 0.4) is 0 Å². The van der Waals surface area contributed by atoms with E-state index >= 15 is 0 Å². The molecule has 0 bridgehead atoms. The van der Waals surface area contributed by atoms with Crippen LogP contribution in [0, 0.1) is 5.92 Å². The van der Waals surface area contributed by atoms with Crippen LogP contribution in [0.2, 0.25) is 0 Å². The molecule has 0 spiro atoms. The first-order chi connectivity index (χ1) is 8.08. The zero-order valence-corrected chi connectivity index (χ0v) is 10.4. The van der Waals surface area contributed by atoms with E-state index in [9.17, 15) is 4.79 Å². The zero-order valence-electron chi connectivity index (χ0n) is 10.4. The van der Waals surface area contributed by atoms with Crippen molar-refractivity contribution in [2.24, 2.45) is 11.7 Å². The third kappa shape index (κ3) is 3.06. The zero-order chi connectivity index (χ0) is 12.4. The minimum Gasteiger partial charge on any atom is -0.352 e. The first-order valence-corrected chi connectivity index (χ1v) is 6.13. The van der Waals surface area contributed by atoms with Gasteiger partial charge >= 0.3 is 0 Å². The molecule has 1 unspecified atom stereocenters. The van der Waals surface area contributed by atoms with E-state index in [1.807, 2.05) is 4.57 Å². The molecule has 0 aromatic carbocycles. The molecule has 5 nitrogen and oxygen atoms in total. The van der Waals surface area contributed by atoms with E-state index in [0.29, 0.717) is 18.5 Å². The van der Waals surface area contributed by atoms with Gasteiger partial charge < -0.3 is 15.6 Å². The lowest BCUT2D eigenvalue weighted by atomic mass is 10.0. The fourth-order valence-corrected chi connectivity index (χ4v) is 1.74. The number of aromatic nitrogens is 2. The maximum atomic E-state index is 11.7. The number of carbonyl (C=O) groups is 1. The van der Waals surface area contributed by atoms with E-state index in [1.54, 1.807) is 12.5 Å². The van der Waals surface area contributed by atoms with Crippen LogP contribution >= 0.6 is 0 Å². The van der Waals surface area contributed by atoms with Gasteiger partial charge in [0.05, 0.1) is 12.0 Å². The molecule has 1 aliphatic rings. The summed E-state index contributed by atoms with van der Waals surface area (Å²) in [7, 11) is 0. The van der Waals surface area contributed by atoms with E-state index in [2.05, 4.69) is 24.1 Å². The molecule has 94 valence electrons. The molecular formula is C12H20N4O. The third-order valence-corrected chi connectivity index (χ3v) is 3.06. The Morgan fingerprint density at radius 1 is 1.65 bits per heavy atom. The standard InChI is InChI=1S/C12H20N4O/c1-8(2)12(13)10-5-14-7-16(10)6-11(17)15-9-3-4-9/h5,7-9,12H,3-4,6,13H2,1-2H3,(H,15,17). The molecule has 1 heterocycles. The Morgan fingerprint density at radius 3 is 2.94 bits per heavy atom. The molecule has 1 aliphatic carbocycles. The summed E-state index contributed by atoms with van der Waals surface area (Å²) in [6.07, 6.45) is 5.63. The number of nitrogens with zero attached hydrogens (tertiary/aromatic N) is 2. The monoisotopic (exact) mass is 236 g/mol. The topological polar surface area (TPSA) is 72.9 Å². The number of nitrogens with two attached hydrogens (primary N) is 1. The average Bonchev–Trinajstić information content (AvgIpc) is 2.94. The van der Waals surface area contributed by atoms with E-state index < -0.39 is 0 Å². The lowest BCUT2D eigenvalue weighted by molar-refractivity contribution is -0.121. The Kier molecular flexibility index (Phi) is 3.47. The molecule has 2 rings (SSSR count). The highest BCUT2D eigenvalue weighted by Gasteiger charge is 2.24. The van der Waals surface area contributed by atoms with Crippen molar-refractivity contribution in [1.82, 2.24) is 14.9 Å². The van der Waals surface area contributed by atoms with Crippen molar-refractivity contribution in [3.05, 3.63) is 18.2 Å². The summed E-state index contributed by atoms with van der Waals surface area (Å²) in [4.78, 5) is 15.8. The summed E-state index contributed by atoms with van der Waals surface area (Å²) in [5.41, 5.74) is 7.00. The van der Waals surface area contributed by atoms with E-state index in [0.717, 1.165) is 18.5 Å². The van der Waals surface area contributed by atoms with Crippen LogP contribution in [0.1, 0.15) is 38.4 Å². The molecule has 1 amide bonds. The van der Waals surface area contributed by atoms with Crippen molar-refractivity contribution < 1.29 is 4.79 Å². The van der Waals surface area contributed by atoms with Gasteiger partial charge in [-0.3, -0.25) is 4.79 Å². The highest BCUT2D eigenvalue weighted by atomic mass is 16.2. The maximum absolute atomic E-state index is 11.7. The van der Waals surface area contributed by atoms with E-state index in [1.165, 1.54) is 0 Å². The van der Waals surface area contributed by atoms with Gasteiger partial charge in [-0.2, -0.15) is 0 Å². The molecule has 17 heavy (non-hydrogen) atoms. The fourth-order valence-electron chi connectivity index (χ4n) is 1.74. The van der Waals surface area contributed by atoms with Crippen molar-refractivity contribution >= 4 is 5.91 Å². The second-order valence-corrected chi connectivity index (χ2v) is 5.06. The van der Waals surface area contributed by atoms with Gasteiger partial charge in [-0.1, -0.05) is 13.8 Å². The Hall–Kier alpha value is -1.36. The van der Waals surface area contributed by atoms with Crippen LogP contribution in [0.25, 0.3) is 0 Å². The fraction of sp³-hybridized carbons (Fsp3) is 0.667. The molecule has 1 aromatic heterocycles.